The summed E-state index contributed by atoms with van der Waals surface area (Å²) in [7, 11) is 0. The molecule has 0 aromatic heterocycles. The highest BCUT2D eigenvalue weighted by Gasteiger charge is 2.20. The predicted molar refractivity (Wildman–Crippen MR) is 71.0 cm³/mol. The molecule has 0 saturated carbocycles. The van der Waals surface area contributed by atoms with Gasteiger partial charge < -0.3 is 20.1 Å². The molecular weight excluding hydrogens is 248 g/mol. The zero-order valence-electron chi connectivity index (χ0n) is 11.7. The highest BCUT2D eigenvalue weighted by molar-refractivity contribution is 5.74. The fourth-order valence-corrected chi connectivity index (χ4v) is 2.13. The van der Waals surface area contributed by atoms with Crippen molar-refractivity contribution >= 4 is 12.0 Å². The number of hydrogen-bond acceptors (Lipinski definition) is 3. The van der Waals surface area contributed by atoms with Crippen LogP contribution in [0.1, 0.15) is 33.1 Å². The van der Waals surface area contributed by atoms with Crippen LogP contribution in [0.3, 0.4) is 0 Å². The first-order valence-electron chi connectivity index (χ1n) is 6.89. The number of hydrogen-bond donors (Lipinski definition) is 2. The topological polar surface area (TPSA) is 78.9 Å². The lowest BCUT2D eigenvalue weighted by atomic mass is 10.0. The molecule has 1 aliphatic heterocycles. The molecule has 2 unspecified atom stereocenters. The molecule has 6 nitrogen and oxygen atoms in total. The van der Waals surface area contributed by atoms with Crippen LogP contribution in [0.25, 0.3) is 0 Å². The first-order valence-corrected chi connectivity index (χ1v) is 6.89. The zero-order valence-corrected chi connectivity index (χ0v) is 11.7. The molecule has 1 heterocycles. The summed E-state index contributed by atoms with van der Waals surface area (Å²) in [6.45, 7) is 6.24. The molecular formula is C13H24N2O4. The van der Waals surface area contributed by atoms with Crippen molar-refractivity contribution in [2.24, 2.45) is 5.92 Å². The third-order valence-corrected chi connectivity index (χ3v) is 3.32. The monoisotopic (exact) mass is 272 g/mol. The van der Waals surface area contributed by atoms with E-state index in [1.54, 1.807) is 4.90 Å². The van der Waals surface area contributed by atoms with E-state index in [0.29, 0.717) is 26.2 Å². The maximum Gasteiger partial charge on any atom is 0.317 e. The van der Waals surface area contributed by atoms with Gasteiger partial charge in [-0.25, -0.2) is 4.79 Å². The number of urea groups is 1. The van der Waals surface area contributed by atoms with E-state index in [1.165, 1.54) is 0 Å². The summed E-state index contributed by atoms with van der Waals surface area (Å²) in [6.07, 6.45) is 1.72. The molecule has 110 valence electrons. The van der Waals surface area contributed by atoms with Crippen LogP contribution < -0.4 is 5.32 Å². The minimum Gasteiger partial charge on any atom is -0.481 e. The number of ether oxygens (including phenoxy) is 1. The Morgan fingerprint density at radius 3 is 2.89 bits per heavy atom. The molecule has 1 rings (SSSR count). The summed E-state index contributed by atoms with van der Waals surface area (Å²) in [4.78, 5) is 24.4. The minimum atomic E-state index is -0.821. The van der Waals surface area contributed by atoms with Crippen LogP contribution in [-0.4, -0.2) is 54.4 Å². The van der Waals surface area contributed by atoms with Crippen LogP contribution in [0.4, 0.5) is 4.79 Å². The number of nitrogens with zero attached hydrogens (tertiary/aromatic N) is 1. The Morgan fingerprint density at radius 1 is 1.53 bits per heavy atom. The maximum atomic E-state index is 12.0. The molecule has 0 bridgehead atoms. The normalized spacial score (nSPS) is 21.6. The van der Waals surface area contributed by atoms with Crippen LogP contribution in [0, 0.1) is 5.92 Å². The van der Waals surface area contributed by atoms with Crippen LogP contribution in [0.15, 0.2) is 0 Å². The van der Waals surface area contributed by atoms with Gasteiger partial charge in [0.2, 0.25) is 0 Å². The van der Waals surface area contributed by atoms with Crippen molar-refractivity contribution in [2.75, 3.05) is 26.2 Å². The van der Waals surface area contributed by atoms with Crippen LogP contribution in [0.5, 0.6) is 0 Å². The van der Waals surface area contributed by atoms with Gasteiger partial charge in [0, 0.05) is 32.7 Å². The summed E-state index contributed by atoms with van der Waals surface area (Å²) in [5.41, 5.74) is 0. The van der Waals surface area contributed by atoms with E-state index in [9.17, 15) is 9.59 Å². The average Bonchev–Trinajstić information content (AvgIpc) is 2.58. The molecule has 2 amide bonds. The van der Waals surface area contributed by atoms with Gasteiger partial charge in [-0.2, -0.15) is 0 Å². The predicted octanol–water partition coefficient (Wildman–Crippen LogP) is 1.31. The lowest BCUT2D eigenvalue weighted by molar-refractivity contribution is -0.138. The number of nitrogens with one attached hydrogen (secondary N) is 1. The molecule has 0 aromatic carbocycles. The highest BCUT2D eigenvalue weighted by Crippen LogP contribution is 2.08. The van der Waals surface area contributed by atoms with Gasteiger partial charge >= 0.3 is 12.0 Å². The number of amides is 2. The maximum absolute atomic E-state index is 12.0. The Morgan fingerprint density at radius 2 is 2.26 bits per heavy atom. The van der Waals surface area contributed by atoms with Crippen molar-refractivity contribution in [2.45, 2.75) is 39.2 Å². The summed E-state index contributed by atoms with van der Waals surface area (Å²) >= 11 is 0. The zero-order chi connectivity index (χ0) is 14.3. The van der Waals surface area contributed by atoms with E-state index >= 15 is 0 Å². The van der Waals surface area contributed by atoms with Crippen LogP contribution in [-0.2, 0) is 9.53 Å². The van der Waals surface area contributed by atoms with Gasteiger partial charge in [0.15, 0.2) is 0 Å². The first-order chi connectivity index (χ1) is 9.02. The van der Waals surface area contributed by atoms with E-state index in [1.807, 2.05) is 13.8 Å². The SMILES string of the molecule is CCC(CNC(=O)N1CCCOC(C)C1)CC(=O)O. The second-order valence-corrected chi connectivity index (χ2v) is 5.04. The molecule has 0 radical (unpaired) electrons. The summed E-state index contributed by atoms with van der Waals surface area (Å²) in [5.74, 6) is -0.833. The minimum absolute atomic E-state index is 0.0119. The molecule has 1 saturated heterocycles. The summed E-state index contributed by atoms with van der Waals surface area (Å²) in [6, 6.07) is -0.124. The number of rotatable bonds is 5. The van der Waals surface area contributed by atoms with Crippen molar-refractivity contribution in [3.63, 3.8) is 0 Å². The van der Waals surface area contributed by atoms with Crippen molar-refractivity contribution in [3.8, 4) is 0 Å². The van der Waals surface area contributed by atoms with Gasteiger partial charge in [-0.3, -0.25) is 4.79 Å². The molecule has 1 aliphatic rings. The molecule has 6 heteroatoms. The Labute approximate surface area is 114 Å². The molecule has 19 heavy (non-hydrogen) atoms. The quantitative estimate of drug-likeness (QED) is 0.791. The molecule has 2 N–H and O–H groups in total. The Hall–Kier alpha value is -1.30. The van der Waals surface area contributed by atoms with Gasteiger partial charge in [-0.1, -0.05) is 13.3 Å². The van der Waals surface area contributed by atoms with Crippen LogP contribution in [0.2, 0.25) is 0 Å². The lowest BCUT2D eigenvalue weighted by Crippen LogP contribution is -2.44. The Kier molecular flexibility index (Phi) is 6.62. The van der Waals surface area contributed by atoms with Gasteiger partial charge in [0.25, 0.3) is 0 Å². The average molecular weight is 272 g/mol. The van der Waals surface area contributed by atoms with Crippen molar-refractivity contribution in [1.82, 2.24) is 10.2 Å². The van der Waals surface area contributed by atoms with Crippen molar-refractivity contribution in [3.05, 3.63) is 0 Å². The van der Waals surface area contributed by atoms with E-state index in [0.717, 1.165) is 12.8 Å². The van der Waals surface area contributed by atoms with Gasteiger partial charge in [0.1, 0.15) is 0 Å². The Bertz CT molecular complexity index is 309. The Balaban J connectivity index is 2.38. The highest BCUT2D eigenvalue weighted by atomic mass is 16.5. The molecule has 0 aromatic rings. The number of carboxylic acids is 1. The number of carbonyl (C=O) groups excluding carboxylic acids is 1. The summed E-state index contributed by atoms with van der Waals surface area (Å²) < 4.78 is 5.48. The summed E-state index contributed by atoms with van der Waals surface area (Å²) in [5, 5.41) is 11.6. The standard InChI is InChI=1S/C13H24N2O4/c1-3-11(7-12(16)17)8-14-13(18)15-5-4-6-19-10(2)9-15/h10-11H,3-9H2,1-2H3,(H,14,18)(H,16,17). The van der Waals surface area contributed by atoms with Crippen molar-refractivity contribution < 1.29 is 19.4 Å². The fraction of sp³-hybridized carbons (Fsp3) is 0.846. The number of carbonyl (C=O) groups is 2. The number of carboxylic acid groups (broad SMARTS) is 1. The second kappa shape index (κ2) is 7.99. The van der Waals surface area contributed by atoms with E-state index in [2.05, 4.69) is 5.32 Å². The molecule has 0 spiro atoms. The van der Waals surface area contributed by atoms with Gasteiger partial charge in [0.05, 0.1) is 6.10 Å². The third-order valence-electron chi connectivity index (χ3n) is 3.32. The number of aliphatic carboxylic acids is 1. The van der Waals surface area contributed by atoms with E-state index in [-0.39, 0.29) is 24.5 Å². The van der Waals surface area contributed by atoms with Gasteiger partial charge in [-0.05, 0) is 19.3 Å². The third kappa shape index (κ3) is 5.92. The van der Waals surface area contributed by atoms with Crippen LogP contribution >= 0.6 is 0 Å². The van der Waals surface area contributed by atoms with E-state index < -0.39 is 5.97 Å². The smallest absolute Gasteiger partial charge is 0.317 e. The van der Waals surface area contributed by atoms with Gasteiger partial charge in [-0.15, -0.1) is 0 Å². The first kappa shape index (κ1) is 15.8. The molecule has 2 atom stereocenters. The van der Waals surface area contributed by atoms with Crippen molar-refractivity contribution in [1.29, 1.82) is 0 Å². The lowest BCUT2D eigenvalue weighted by Gasteiger charge is -2.23. The fourth-order valence-electron chi connectivity index (χ4n) is 2.13. The molecule has 1 fully saturated rings. The van der Waals surface area contributed by atoms with E-state index in [4.69, 9.17) is 9.84 Å². The largest absolute Gasteiger partial charge is 0.481 e. The second-order valence-electron chi connectivity index (χ2n) is 5.04. The molecule has 0 aliphatic carbocycles.